The normalized spacial score (nSPS) is 21.8. The highest BCUT2D eigenvalue weighted by Crippen LogP contribution is 2.27. The molecule has 1 aromatic carbocycles. The van der Waals surface area contributed by atoms with E-state index >= 15 is 0 Å². The lowest BCUT2D eigenvalue weighted by atomic mass is 10.1. The number of thioether (sulfide) groups is 1. The van der Waals surface area contributed by atoms with Gasteiger partial charge in [0.25, 0.3) is 11.1 Å². The molecule has 3 amide bonds. The van der Waals surface area contributed by atoms with E-state index in [0.717, 1.165) is 11.8 Å². The van der Waals surface area contributed by atoms with E-state index in [1.165, 1.54) is 11.0 Å². The first-order chi connectivity index (χ1) is 10.5. The van der Waals surface area contributed by atoms with Gasteiger partial charge in [0.15, 0.2) is 0 Å². The van der Waals surface area contributed by atoms with Crippen molar-refractivity contribution in [1.29, 1.82) is 0 Å². The van der Waals surface area contributed by atoms with E-state index in [9.17, 15) is 18.8 Å². The van der Waals surface area contributed by atoms with Crippen LogP contribution in [0.25, 0.3) is 0 Å². The van der Waals surface area contributed by atoms with E-state index in [1.54, 1.807) is 24.0 Å². The number of hydrogen-bond acceptors (Lipinski definition) is 4. The molecule has 2 saturated heterocycles. The van der Waals surface area contributed by atoms with Crippen LogP contribution in [0.5, 0.6) is 0 Å². The monoisotopic (exact) mass is 322 g/mol. The zero-order valence-corrected chi connectivity index (χ0v) is 12.9. The second-order valence-electron chi connectivity index (χ2n) is 5.48. The molecule has 0 radical (unpaired) electrons. The zero-order chi connectivity index (χ0) is 15.9. The molecule has 2 fully saturated rings. The quantitative estimate of drug-likeness (QED) is 0.836. The Morgan fingerprint density at radius 1 is 1.36 bits per heavy atom. The van der Waals surface area contributed by atoms with Gasteiger partial charge in [0, 0.05) is 18.7 Å². The molecule has 0 bridgehead atoms. The second kappa shape index (κ2) is 5.72. The summed E-state index contributed by atoms with van der Waals surface area (Å²) in [6.07, 6.45) is 0.568. The zero-order valence-electron chi connectivity index (χ0n) is 12.0. The molecule has 0 spiro atoms. The lowest BCUT2D eigenvalue weighted by Crippen LogP contribution is -2.41. The average molecular weight is 322 g/mol. The first-order valence-corrected chi connectivity index (χ1v) is 8.00. The first kappa shape index (κ1) is 15.0. The largest absolute Gasteiger partial charge is 0.336 e. The maximum absolute atomic E-state index is 13.6. The molecule has 22 heavy (non-hydrogen) atoms. The second-order valence-corrected chi connectivity index (χ2v) is 6.40. The minimum absolute atomic E-state index is 0.173. The maximum Gasteiger partial charge on any atom is 0.289 e. The molecular formula is C15H15FN2O3S. The number of aryl methyl sites for hydroxylation is 1. The lowest BCUT2D eigenvalue weighted by Gasteiger charge is -2.22. The first-order valence-electron chi connectivity index (χ1n) is 7.01. The fourth-order valence-electron chi connectivity index (χ4n) is 2.76. The molecule has 3 rings (SSSR count). The van der Waals surface area contributed by atoms with E-state index in [2.05, 4.69) is 0 Å². The molecule has 2 heterocycles. The van der Waals surface area contributed by atoms with Crippen LogP contribution < -0.4 is 0 Å². The molecular weight excluding hydrogens is 307 g/mol. The minimum Gasteiger partial charge on any atom is -0.336 e. The molecule has 7 heteroatoms. The van der Waals surface area contributed by atoms with Gasteiger partial charge in [-0.2, -0.15) is 0 Å². The number of carbonyl (C=O) groups excluding carboxylic acids is 3. The molecule has 5 nitrogen and oxygen atoms in total. The summed E-state index contributed by atoms with van der Waals surface area (Å²) in [5, 5.41) is -0.245. The Kier molecular flexibility index (Phi) is 3.90. The van der Waals surface area contributed by atoms with Crippen molar-refractivity contribution in [3.8, 4) is 0 Å². The standard InChI is InChI=1S/C15H15FN2O3S/c1-9-2-3-10(6-12(9)16)14(20)17-5-4-11(7-17)18-13(19)8-22-15(18)21/h2-3,6,11H,4-5,7-8H2,1H3. The van der Waals surface area contributed by atoms with Crippen LogP contribution in [0.1, 0.15) is 22.3 Å². The molecule has 116 valence electrons. The number of halogens is 1. The SMILES string of the molecule is Cc1ccc(C(=O)N2CCC(N3C(=O)CSC3=O)C2)cc1F. The van der Waals surface area contributed by atoms with Crippen LogP contribution in [0.3, 0.4) is 0 Å². The number of nitrogens with zero attached hydrogens (tertiary/aromatic N) is 2. The fraction of sp³-hybridized carbons (Fsp3) is 0.400. The molecule has 0 aliphatic carbocycles. The Hall–Kier alpha value is -1.89. The van der Waals surface area contributed by atoms with Crippen LogP contribution in [0.15, 0.2) is 18.2 Å². The maximum atomic E-state index is 13.6. The Balaban J connectivity index is 1.72. The van der Waals surface area contributed by atoms with Crippen LogP contribution in [0, 0.1) is 12.7 Å². The third-order valence-corrected chi connectivity index (χ3v) is 4.85. The predicted molar refractivity (Wildman–Crippen MR) is 80.1 cm³/mol. The van der Waals surface area contributed by atoms with Crippen LogP contribution in [-0.2, 0) is 4.79 Å². The molecule has 0 saturated carbocycles. The lowest BCUT2D eigenvalue weighted by molar-refractivity contribution is -0.126. The van der Waals surface area contributed by atoms with Gasteiger partial charge in [-0.3, -0.25) is 19.3 Å². The molecule has 0 N–H and O–H groups in total. The average Bonchev–Trinajstić information content (AvgIpc) is 3.08. The van der Waals surface area contributed by atoms with Gasteiger partial charge in [-0.25, -0.2) is 4.39 Å². The van der Waals surface area contributed by atoms with Crippen LogP contribution in [-0.4, -0.2) is 51.7 Å². The third-order valence-electron chi connectivity index (χ3n) is 4.02. The van der Waals surface area contributed by atoms with Gasteiger partial charge in [-0.1, -0.05) is 17.8 Å². The molecule has 2 aliphatic heterocycles. The van der Waals surface area contributed by atoms with E-state index < -0.39 is 5.82 Å². The Morgan fingerprint density at radius 2 is 2.14 bits per heavy atom. The van der Waals surface area contributed by atoms with Crippen molar-refractivity contribution in [3.05, 3.63) is 35.1 Å². The summed E-state index contributed by atoms with van der Waals surface area (Å²) in [6, 6.07) is 4.12. The summed E-state index contributed by atoms with van der Waals surface area (Å²) < 4.78 is 13.6. The number of likely N-dealkylation sites (tertiary alicyclic amines) is 1. The summed E-state index contributed by atoms with van der Waals surface area (Å²) in [7, 11) is 0. The summed E-state index contributed by atoms with van der Waals surface area (Å²) in [4.78, 5) is 38.7. The van der Waals surface area contributed by atoms with Crippen molar-refractivity contribution >= 4 is 28.8 Å². The Labute approximate surface area is 131 Å². The van der Waals surface area contributed by atoms with Gasteiger partial charge in [0.1, 0.15) is 5.82 Å². The molecule has 2 aliphatic rings. The molecule has 1 aromatic rings. The van der Waals surface area contributed by atoms with Crippen molar-refractivity contribution in [2.75, 3.05) is 18.8 Å². The van der Waals surface area contributed by atoms with Gasteiger partial charge in [-0.15, -0.1) is 0 Å². The van der Waals surface area contributed by atoms with Crippen LogP contribution >= 0.6 is 11.8 Å². The van der Waals surface area contributed by atoms with Crippen molar-refractivity contribution in [2.45, 2.75) is 19.4 Å². The minimum atomic E-state index is -0.414. The highest BCUT2D eigenvalue weighted by Gasteiger charge is 2.40. The number of amides is 3. The summed E-state index contributed by atoms with van der Waals surface area (Å²) in [5.74, 6) is -0.710. The van der Waals surface area contributed by atoms with Crippen molar-refractivity contribution in [3.63, 3.8) is 0 Å². The van der Waals surface area contributed by atoms with E-state index in [4.69, 9.17) is 0 Å². The Bertz CT molecular complexity index is 648. The van der Waals surface area contributed by atoms with Gasteiger partial charge in [-0.05, 0) is 31.0 Å². The molecule has 0 aromatic heterocycles. The number of benzene rings is 1. The van der Waals surface area contributed by atoms with Crippen molar-refractivity contribution < 1.29 is 18.8 Å². The van der Waals surface area contributed by atoms with Gasteiger partial charge >= 0.3 is 0 Å². The summed E-state index contributed by atoms with van der Waals surface area (Å²) >= 11 is 0.994. The summed E-state index contributed by atoms with van der Waals surface area (Å²) in [5.41, 5.74) is 0.776. The van der Waals surface area contributed by atoms with Gasteiger partial charge < -0.3 is 4.90 Å². The predicted octanol–water partition coefficient (Wildman–Crippen LogP) is 2.04. The van der Waals surface area contributed by atoms with E-state index in [1.807, 2.05) is 0 Å². The van der Waals surface area contributed by atoms with Crippen molar-refractivity contribution in [2.24, 2.45) is 0 Å². The third kappa shape index (κ3) is 2.61. The van der Waals surface area contributed by atoms with E-state index in [-0.39, 0.29) is 34.4 Å². The molecule has 1 unspecified atom stereocenters. The fourth-order valence-corrected chi connectivity index (χ4v) is 3.54. The number of rotatable bonds is 2. The van der Waals surface area contributed by atoms with Crippen LogP contribution in [0.4, 0.5) is 9.18 Å². The van der Waals surface area contributed by atoms with Crippen LogP contribution in [0.2, 0.25) is 0 Å². The number of hydrogen-bond donors (Lipinski definition) is 0. The molecule has 1 atom stereocenters. The topological polar surface area (TPSA) is 57.7 Å². The van der Waals surface area contributed by atoms with Gasteiger partial charge in [0.05, 0.1) is 11.8 Å². The van der Waals surface area contributed by atoms with Gasteiger partial charge in [0.2, 0.25) is 5.91 Å². The Morgan fingerprint density at radius 3 is 2.77 bits per heavy atom. The summed E-state index contributed by atoms with van der Waals surface area (Å²) in [6.45, 7) is 2.41. The highest BCUT2D eigenvalue weighted by atomic mass is 32.2. The highest BCUT2D eigenvalue weighted by molar-refractivity contribution is 8.14. The van der Waals surface area contributed by atoms with E-state index in [0.29, 0.717) is 25.1 Å². The smallest absolute Gasteiger partial charge is 0.289 e. The van der Waals surface area contributed by atoms with Crippen molar-refractivity contribution in [1.82, 2.24) is 9.80 Å². The number of carbonyl (C=O) groups is 3. The number of imide groups is 1.